The van der Waals surface area contributed by atoms with Crippen molar-refractivity contribution in [2.45, 2.75) is 42.5 Å². The molecule has 0 saturated carbocycles. The zero-order valence-electron chi connectivity index (χ0n) is 24.4. The molecule has 0 bridgehead atoms. The van der Waals surface area contributed by atoms with Gasteiger partial charge >= 0.3 is 5.97 Å². The number of aromatic nitrogens is 1. The van der Waals surface area contributed by atoms with E-state index in [9.17, 15) is 27.5 Å². The lowest BCUT2D eigenvalue weighted by Crippen LogP contribution is -2.47. The Bertz CT molecular complexity index is 1830. The number of pyridine rings is 1. The molecule has 1 saturated heterocycles. The predicted molar refractivity (Wildman–Crippen MR) is 163 cm³/mol. The van der Waals surface area contributed by atoms with Gasteiger partial charge in [-0.25, -0.2) is 18.7 Å². The third-order valence-electron chi connectivity index (χ3n) is 8.09. The molecule has 1 aliphatic heterocycles. The van der Waals surface area contributed by atoms with Gasteiger partial charge in [0.05, 0.1) is 34.9 Å². The van der Waals surface area contributed by atoms with Crippen molar-refractivity contribution in [3.05, 3.63) is 96.1 Å². The van der Waals surface area contributed by atoms with Crippen LogP contribution in [0.5, 0.6) is 5.75 Å². The summed E-state index contributed by atoms with van der Waals surface area (Å²) in [5.74, 6) is 3.14. The van der Waals surface area contributed by atoms with Gasteiger partial charge in [-0.3, -0.25) is 19.6 Å². The van der Waals surface area contributed by atoms with E-state index < -0.39 is 50.8 Å². The smallest absolute Gasteiger partial charge is 0.309 e. The van der Waals surface area contributed by atoms with Crippen LogP contribution in [0.2, 0.25) is 0 Å². The maximum absolute atomic E-state index is 14.7. The Morgan fingerprint density at radius 1 is 1.09 bits per heavy atom. The lowest BCUT2D eigenvalue weighted by atomic mass is 9.93. The standard InChI is InChI=1S/C32H33FN4O6S/c1-19(2)44(41,42)28-7-5-4-6-24(28)30-25(32(39)40)13-15-36(30)31(38)29(21-9-11-26(33)27(17-21)43-3)37(34)23-10-8-22-18-35-14-12-20(22)16-23/h4-12,14,16-19,25,29-30H,13,15,34H2,1-3H3,(H,39,40)/t25?,29-,30?/m0/s1. The van der Waals surface area contributed by atoms with Gasteiger partial charge in [0.1, 0.15) is 6.04 Å². The number of methoxy groups -OCH3 is 1. The summed E-state index contributed by atoms with van der Waals surface area (Å²) < 4.78 is 46.4. The number of hydrogen-bond acceptors (Lipinski definition) is 8. The fraction of sp³-hybridized carbons (Fsp3) is 0.281. The third kappa shape index (κ3) is 5.58. The van der Waals surface area contributed by atoms with Crippen molar-refractivity contribution < 1.29 is 32.2 Å². The molecule has 10 nitrogen and oxygen atoms in total. The Balaban J connectivity index is 1.66. The van der Waals surface area contributed by atoms with Gasteiger partial charge < -0.3 is 14.7 Å². The Hall–Kier alpha value is -4.55. The van der Waals surface area contributed by atoms with E-state index in [1.807, 2.05) is 0 Å². The first kappa shape index (κ1) is 30.9. The zero-order valence-corrected chi connectivity index (χ0v) is 25.2. The molecule has 3 aromatic carbocycles. The molecule has 1 amide bonds. The number of nitrogens with zero attached hydrogens (tertiary/aromatic N) is 3. The number of anilines is 1. The van der Waals surface area contributed by atoms with E-state index in [4.69, 9.17) is 10.6 Å². The van der Waals surface area contributed by atoms with Crippen molar-refractivity contribution in [3.8, 4) is 5.75 Å². The molecule has 1 aliphatic rings. The summed E-state index contributed by atoms with van der Waals surface area (Å²) in [5.41, 5.74) is 0.974. The number of carboxylic acids is 1. The highest BCUT2D eigenvalue weighted by Crippen LogP contribution is 2.43. The number of hydrogen-bond donors (Lipinski definition) is 2. The summed E-state index contributed by atoms with van der Waals surface area (Å²) in [7, 11) is -2.54. The number of ether oxygens (including phenoxy) is 1. The Morgan fingerprint density at radius 3 is 2.55 bits per heavy atom. The molecule has 0 aliphatic carbocycles. The van der Waals surface area contributed by atoms with E-state index in [2.05, 4.69) is 4.98 Å². The van der Waals surface area contributed by atoms with Crippen LogP contribution >= 0.6 is 0 Å². The molecule has 0 radical (unpaired) electrons. The Morgan fingerprint density at radius 2 is 1.84 bits per heavy atom. The number of carbonyl (C=O) groups is 2. The Kier molecular flexibility index (Phi) is 8.57. The van der Waals surface area contributed by atoms with E-state index in [1.54, 1.807) is 68.7 Å². The van der Waals surface area contributed by atoms with Gasteiger partial charge in [0.15, 0.2) is 21.4 Å². The van der Waals surface area contributed by atoms with Crippen molar-refractivity contribution in [3.63, 3.8) is 0 Å². The molecule has 0 spiro atoms. The molecular weight excluding hydrogens is 587 g/mol. The molecule has 44 heavy (non-hydrogen) atoms. The first-order chi connectivity index (χ1) is 20.9. The number of amides is 1. The number of nitrogens with two attached hydrogens (primary N) is 1. The second-order valence-corrected chi connectivity index (χ2v) is 13.4. The Labute approximate surface area is 254 Å². The highest BCUT2D eigenvalue weighted by atomic mass is 32.2. The van der Waals surface area contributed by atoms with Gasteiger partial charge in [0.2, 0.25) is 0 Å². The van der Waals surface area contributed by atoms with E-state index in [0.717, 1.165) is 10.8 Å². The van der Waals surface area contributed by atoms with Gasteiger partial charge in [-0.1, -0.05) is 30.3 Å². The molecule has 2 heterocycles. The van der Waals surface area contributed by atoms with E-state index in [1.165, 1.54) is 41.3 Å². The lowest BCUT2D eigenvalue weighted by molar-refractivity contribution is -0.143. The van der Waals surface area contributed by atoms with Crippen LogP contribution in [-0.2, 0) is 19.4 Å². The number of benzene rings is 3. The van der Waals surface area contributed by atoms with Crippen molar-refractivity contribution in [2.24, 2.45) is 11.8 Å². The van der Waals surface area contributed by atoms with Crippen LogP contribution in [0.3, 0.4) is 0 Å². The molecule has 1 aromatic heterocycles. The molecule has 2 unspecified atom stereocenters. The topological polar surface area (TPSA) is 143 Å². The van der Waals surface area contributed by atoms with Gasteiger partial charge in [0.25, 0.3) is 5.91 Å². The average Bonchev–Trinajstić information content (AvgIpc) is 3.47. The van der Waals surface area contributed by atoms with E-state index in [0.29, 0.717) is 11.3 Å². The van der Waals surface area contributed by atoms with Crippen LogP contribution in [0.4, 0.5) is 10.1 Å². The average molecular weight is 621 g/mol. The maximum Gasteiger partial charge on any atom is 0.309 e. The fourth-order valence-corrected chi connectivity index (χ4v) is 7.02. The zero-order chi connectivity index (χ0) is 31.8. The van der Waals surface area contributed by atoms with Crippen LogP contribution in [0, 0.1) is 11.7 Å². The summed E-state index contributed by atoms with van der Waals surface area (Å²) in [6.45, 7) is 3.12. The third-order valence-corrected chi connectivity index (χ3v) is 10.3. The quantitative estimate of drug-likeness (QED) is 0.202. The second kappa shape index (κ2) is 12.2. The summed E-state index contributed by atoms with van der Waals surface area (Å²) in [4.78, 5) is 32.6. The first-order valence-corrected chi connectivity index (χ1v) is 15.6. The molecule has 4 aromatic rings. The van der Waals surface area contributed by atoms with E-state index in [-0.39, 0.29) is 29.2 Å². The lowest BCUT2D eigenvalue weighted by Gasteiger charge is -2.36. The molecule has 1 fully saturated rings. The monoisotopic (exact) mass is 620 g/mol. The second-order valence-electron chi connectivity index (χ2n) is 11.0. The molecule has 5 rings (SSSR count). The number of hydrazine groups is 1. The minimum Gasteiger partial charge on any atom is -0.494 e. The fourth-order valence-electron chi connectivity index (χ4n) is 5.73. The molecule has 230 valence electrons. The normalized spacial score (nSPS) is 17.5. The van der Waals surface area contributed by atoms with Gasteiger partial charge in [-0.05, 0) is 73.2 Å². The number of likely N-dealkylation sites (tertiary alicyclic amines) is 1. The van der Waals surface area contributed by atoms with Gasteiger partial charge in [-0.2, -0.15) is 0 Å². The summed E-state index contributed by atoms with van der Waals surface area (Å²) >= 11 is 0. The maximum atomic E-state index is 14.7. The molecule has 3 atom stereocenters. The van der Waals surface area contributed by atoms with E-state index >= 15 is 0 Å². The molecular formula is C32H33FN4O6S. The summed E-state index contributed by atoms with van der Waals surface area (Å²) in [5, 5.41) is 12.3. The van der Waals surface area contributed by atoms with Crippen LogP contribution < -0.4 is 15.6 Å². The summed E-state index contributed by atoms with van der Waals surface area (Å²) in [6.07, 6.45) is 3.41. The predicted octanol–water partition coefficient (Wildman–Crippen LogP) is 4.66. The van der Waals surface area contributed by atoms with Crippen LogP contribution in [0.25, 0.3) is 10.8 Å². The highest BCUT2D eigenvalue weighted by Gasteiger charge is 2.47. The van der Waals surface area contributed by atoms with Crippen molar-refractivity contribution >= 4 is 38.2 Å². The number of halogens is 1. The number of fused-ring (bicyclic) bond motifs is 1. The number of sulfone groups is 1. The van der Waals surface area contributed by atoms with Gasteiger partial charge in [0, 0.05) is 24.3 Å². The number of carbonyl (C=O) groups excluding carboxylic acids is 1. The largest absolute Gasteiger partial charge is 0.494 e. The SMILES string of the molecule is COc1cc([C@@H](C(=O)N2CCC(C(=O)O)C2c2ccccc2S(=O)(=O)C(C)C)N(N)c2ccc3cnccc3c2)ccc1F. The van der Waals surface area contributed by atoms with Crippen molar-refractivity contribution in [1.29, 1.82) is 0 Å². The highest BCUT2D eigenvalue weighted by molar-refractivity contribution is 7.92. The minimum atomic E-state index is -3.84. The van der Waals surface area contributed by atoms with Crippen molar-refractivity contribution in [1.82, 2.24) is 9.88 Å². The van der Waals surface area contributed by atoms with Crippen molar-refractivity contribution in [2.75, 3.05) is 18.7 Å². The minimum absolute atomic E-state index is 0.0290. The number of aliphatic carboxylic acids is 1. The molecule has 3 N–H and O–H groups in total. The van der Waals surface area contributed by atoms with Crippen LogP contribution in [0.1, 0.15) is 43.5 Å². The van der Waals surface area contributed by atoms with Crippen LogP contribution in [-0.4, -0.2) is 54.2 Å². The van der Waals surface area contributed by atoms with Crippen LogP contribution in [0.15, 0.2) is 84.0 Å². The number of rotatable bonds is 9. The first-order valence-electron chi connectivity index (χ1n) is 14.0. The summed E-state index contributed by atoms with van der Waals surface area (Å²) in [6, 6.07) is 14.9. The van der Waals surface area contributed by atoms with Gasteiger partial charge in [-0.15, -0.1) is 0 Å². The number of carboxylic acid groups (broad SMARTS) is 1. The molecule has 12 heteroatoms.